The standard InChI is InChI=1S/C12H16F4S/c1-9(2)7-3-4-8(5-7)10(9)6-11(13,14)12(15,16)17-10/h7-8H,3-6H2,1-2H3/t7-,8+,10+/m1/s1. The van der Waals surface area contributed by atoms with E-state index in [1.165, 1.54) is 0 Å². The third-order valence-electron chi connectivity index (χ3n) is 5.42. The second-order valence-corrected chi connectivity index (χ2v) is 7.76. The van der Waals surface area contributed by atoms with E-state index in [1.54, 1.807) is 0 Å². The van der Waals surface area contributed by atoms with E-state index in [9.17, 15) is 17.6 Å². The first-order valence-electron chi connectivity index (χ1n) is 6.08. The van der Waals surface area contributed by atoms with Gasteiger partial charge < -0.3 is 0 Å². The minimum atomic E-state index is -3.89. The molecule has 0 aromatic carbocycles. The molecule has 1 spiro atoms. The molecule has 0 N–H and O–H groups in total. The van der Waals surface area contributed by atoms with Crippen molar-refractivity contribution in [1.29, 1.82) is 0 Å². The molecule has 98 valence electrons. The smallest absolute Gasteiger partial charge is 0.199 e. The Morgan fingerprint density at radius 2 is 1.59 bits per heavy atom. The van der Waals surface area contributed by atoms with Gasteiger partial charge in [-0.2, -0.15) is 17.6 Å². The molecule has 0 aromatic rings. The van der Waals surface area contributed by atoms with Gasteiger partial charge >= 0.3 is 11.2 Å². The molecular formula is C12H16F4S. The quantitative estimate of drug-likeness (QED) is 0.581. The zero-order chi connectivity index (χ0) is 12.7. The lowest BCUT2D eigenvalue weighted by atomic mass is 9.66. The number of alkyl halides is 4. The van der Waals surface area contributed by atoms with Crippen LogP contribution in [0.2, 0.25) is 0 Å². The fraction of sp³-hybridized carbons (Fsp3) is 1.00. The summed E-state index contributed by atoms with van der Waals surface area (Å²) >= 11 is 0.271. The summed E-state index contributed by atoms with van der Waals surface area (Å²) in [4.78, 5) is 0. The molecule has 17 heavy (non-hydrogen) atoms. The molecule has 3 aliphatic rings. The van der Waals surface area contributed by atoms with Crippen molar-refractivity contribution >= 4 is 11.8 Å². The highest BCUT2D eigenvalue weighted by atomic mass is 32.2. The Kier molecular flexibility index (Phi) is 2.12. The summed E-state index contributed by atoms with van der Waals surface area (Å²) in [5.74, 6) is -3.46. The molecule has 2 bridgehead atoms. The zero-order valence-corrected chi connectivity index (χ0v) is 10.7. The highest BCUT2D eigenvalue weighted by molar-refractivity contribution is 8.02. The number of halogens is 4. The zero-order valence-electron chi connectivity index (χ0n) is 9.90. The van der Waals surface area contributed by atoms with Gasteiger partial charge in [0.1, 0.15) is 0 Å². The lowest BCUT2D eigenvalue weighted by Crippen LogP contribution is -2.46. The molecule has 1 heterocycles. The Hall–Kier alpha value is 0.0700. The van der Waals surface area contributed by atoms with Crippen molar-refractivity contribution in [2.24, 2.45) is 17.3 Å². The predicted molar refractivity (Wildman–Crippen MR) is 59.4 cm³/mol. The van der Waals surface area contributed by atoms with E-state index in [2.05, 4.69) is 0 Å². The van der Waals surface area contributed by atoms with Gasteiger partial charge in [0.25, 0.3) is 0 Å². The van der Waals surface area contributed by atoms with Crippen LogP contribution in [0.15, 0.2) is 0 Å². The molecule has 5 heteroatoms. The molecule has 1 saturated heterocycles. The van der Waals surface area contributed by atoms with Crippen LogP contribution in [0.1, 0.15) is 39.5 Å². The van der Waals surface area contributed by atoms with Gasteiger partial charge in [0.05, 0.1) is 0 Å². The fourth-order valence-corrected chi connectivity index (χ4v) is 6.03. The summed E-state index contributed by atoms with van der Waals surface area (Å²) in [7, 11) is 0. The van der Waals surface area contributed by atoms with E-state index in [4.69, 9.17) is 0 Å². The van der Waals surface area contributed by atoms with Crippen molar-refractivity contribution in [3.05, 3.63) is 0 Å². The lowest BCUT2D eigenvalue weighted by molar-refractivity contribution is -0.152. The summed E-state index contributed by atoms with van der Waals surface area (Å²) in [5, 5.41) is -3.89. The number of thioether (sulfide) groups is 1. The Morgan fingerprint density at radius 3 is 2.00 bits per heavy atom. The third-order valence-corrected chi connectivity index (χ3v) is 7.35. The van der Waals surface area contributed by atoms with E-state index in [1.807, 2.05) is 13.8 Å². The van der Waals surface area contributed by atoms with Gasteiger partial charge in [0, 0.05) is 11.2 Å². The monoisotopic (exact) mass is 268 g/mol. The van der Waals surface area contributed by atoms with Crippen molar-refractivity contribution in [3.8, 4) is 0 Å². The Morgan fingerprint density at radius 1 is 1.00 bits per heavy atom. The van der Waals surface area contributed by atoms with E-state index in [0.717, 1.165) is 19.3 Å². The third kappa shape index (κ3) is 1.22. The van der Waals surface area contributed by atoms with Gasteiger partial charge in [-0.15, -0.1) is 0 Å². The first-order valence-corrected chi connectivity index (χ1v) is 6.90. The van der Waals surface area contributed by atoms with Crippen LogP contribution in [0.3, 0.4) is 0 Å². The normalized spacial score (nSPS) is 49.1. The van der Waals surface area contributed by atoms with Gasteiger partial charge in [-0.05, 0) is 36.5 Å². The molecule has 0 nitrogen and oxygen atoms in total. The van der Waals surface area contributed by atoms with Crippen LogP contribution in [-0.2, 0) is 0 Å². The predicted octanol–water partition coefficient (Wildman–Crippen LogP) is 4.55. The highest BCUT2D eigenvalue weighted by Gasteiger charge is 2.77. The van der Waals surface area contributed by atoms with Crippen LogP contribution < -0.4 is 0 Å². The minimum Gasteiger partial charge on any atom is -0.199 e. The van der Waals surface area contributed by atoms with E-state index < -0.39 is 27.8 Å². The van der Waals surface area contributed by atoms with E-state index in [-0.39, 0.29) is 17.7 Å². The molecule has 0 unspecified atom stereocenters. The molecule has 2 aliphatic carbocycles. The van der Waals surface area contributed by atoms with Gasteiger partial charge in [-0.1, -0.05) is 25.6 Å². The molecule has 0 aromatic heterocycles. The van der Waals surface area contributed by atoms with Crippen LogP contribution in [0.4, 0.5) is 17.6 Å². The maximum Gasteiger partial charge on any atom is 0.356 e. The molecule has 1 aliphatic heterocycles. The Bertz CT molecular complexity index is 348. The first kappa shape index (κ1) is 12.1. The van der Waals surface area contributed by atoms with Crippen molar-refractivity contribution in [3.63, 3.8) is 0 Å². The lowest BCUT2D eigenvalue weighted by Gasteiger charge is -2.46. The van der Waals surface area contributed by atoms with Gasteiger partial charge in [-0.25, -0.2) is 0 Å². The summed E-state index contributed by atoms with van der Waals surface area (Å²) < 4.78 is 53.1. The summed E-state index contributed by atoms with van der Waals surface area (Å²) in [6, 6.07) is 0. The van der Waals surface area contributed by atoms with Crippen molar-refractivity contribution in [2.45, 2.75) is 55.5 Å². The van der Waals surface area contributed by atoms with Crippen LogP contribution in [0, 0.1) is 17.3 Å². The fourth-order valence-electron chi connectivity index (χ4n) is 4.29. The summed E-state index contributed by atoms with van der Waals surface area (Å²) in [6.07, 6.45) is 2.06. The Labute approximate surface area is 103 Å². The van der Waals surface area contributed by atoms with Gasteiger partial charge in [-0.3, -0.25) is 0 Å². The molecule has 0 amide bonds. The first-order chi connectivity index (χ1) is 7.62. The summed E-state index contributed by atoms with van der Waals surface area (Å²) in [6.45, 7) is 3.81. The average molecular weight is 268 g/mol. The second-order valence-electron chi connectivity index (χ2n) is 6.32. The topological polar surface area (TPSA) is 0 Å². The van der Waals surface area contributed by atoms with Crippen molar-refractivity contribution < 1.29 is 17.6 Å². The van der Waals surface area contributed by atoms with Crippen molar-refractivity contribution in [1.82, 2.24) is 0 Å². The van der Waals surface area contributed by atoms with Crippen LogP contribution in [-0.4, -0.2) is 15.9 Å². The number of rotatable bonds is 0. The van der Waals surface area contributed by atoms with Crippen LogP contribution >= 0.6 is 11.8 Å². The molecule has 3 rings (SSSR count). The molecular weight excluding hydrogens is 252 g/mol. The van der Waals surface area contributed by atoms with Gasteiger partial charge in [0.15, 0.2) is 0 Å². The largest absolute Gasteiger partial charge is 0.356 e. The van der Waals surface area contributed by atoms with Crippen LogP contribution in [0.5, 0.6) is 0 Å². The second kappa shape index (κ2) is 2.97. The number of hydrogen-bond acceptors (Lipinski definition) is 1. The van der Waals surface area contributed by atoms with E-state index in [0.29, 0.717) is 5.92 Å². The number of hydrogen-bond donors (Lipinski definition) is 0. The van der Waals surface area contributed by atoms with Gasteiger partial charge in [0.2, 0.25) is 0 Å². The maximum atomic E-state index is 13.5. The molecule has 2 saturated carbocycles. The van der Waals surface area contributed by atoms with Crippen LogP contribution in [0.25, 0.3) is 0 Å². The summed E-state index contributed by atoms with van der Waals surface area (Å²) in [5.41, 5.74) is -0.399. The minimum absolute atomic E-state index is 0.0479. The maximum absolute atomic E-state index is 13.5. The highest BCUT2D eigenvalue weighted by Crippen LogP contribution is 2.76. The SMILES string of the molecule is CC1(C)[C@@H]2CC[C@@H](C2)[C@@]12CC(F)(F)C(F)(F)S2. The van der Waals surface area contributed by atoms with E-state index >= 15 is 0 Å². The van der Waals surface area contributed by atoms with Crippen molar-refractivity contribution in [2.75, 3.05) is 0 Å². The molecule has 3 atom stereocenters. The molecule has 0 radical (unpaired) electrons. The molecule has 3 fully saturated rings. The number of fused-ring (bicyclic) bond motifs is 3. The average Bonchev–Trinajstić information content (AvgIpc) is 2.72. The Balaban J connectivity index is 2.05.